The molecule has 0 radical (unpaired) electrons. The summed E-state index contributed by atoms with van der Waals surface area (Å²) in [6.45, 7) is 3.61. The zero-order valence-corrected chi connectivity index (χ0v) is 20.0. The van der Waals surface area contributed by atoms with Gasteiger partial charge in [-0.2, -0.15) is 9.40 Å². The lowest BCUT2D eigenvalue weighted by atomic mass is 9.99. The van der Waals surface area contributed by atoms with Gasteiger partial charge in [0.2, 0.25) is 10.0 Å². The van der Waals surface area contributed by atoms with E-state index in [0.29, 0.717) is 28.7 Å². The number of rotatable bonds is 8. The maximum absolute atomic E-state index is 12.6. The van der Waals surface area contributed by atoms with E-state index < -0.39 is 10.0 Å². The van der Waals surface area contributed by atoms with Gasteiger partial charge in [-0.3, -0.25) is 10.4 Å². The fourth-order valence-electron chi connectivity index (χ4n) is 5.15. The minimum atomic E-state index is -3.21. The van der Waals surface area contributed by atoms with Crippen molar-refractivity contribution in [3.63, 3.8) is 0 Å². The number of pyridine rings is 2. The quantitative estimate of drug-likeness (QED) is 0.278. The summed E-state index contributed by atoms with van der Waals surface area (Å²) in [5.74, 6) is 2.02. The van der Waals surface area contributed by atoms with Crippen molar-refractivity contribution in [1.29, 1.82) is 0 Å². The molecule has 3 atom stereocenters. The first-order chi connectivity index (χ1) is 16.4. The molecule has 2 aliphatic heterocycles. The number of sulfonamides is 1. The molecule has 5 heterocycles. The number of aryl methyl sites for hydroxylation is 1. The van der Waals surface area contributed by atoms with Crippen LogP contribution in [0.1, 0.15) is 44.0 Å². The zero-order chi connectivity index (χ0) is 23.9. The maximum atomic E-state index is 12.6. The van der Waals surface area contributed by atoms with Crippen molar-refractivity contribution in [3.8, 4) is 0 Å². The van der Waals surface area contributed by atoms with Crippen molar-refractivity contribution in [2.24, 2.45) is 0 Å². The number of piperidine rings is 1. The Labute approximate surface area is 197 Å². The number of nitrogens with zero attached hydrogens (tertiary/aromatic N) is 4. The van der Waals surface area contributed by atoms with E-state index >= 15 is 0 Å². The molecule has 5 rings (SSSR count). The van der Waals surface area contributed by atoms with Gasteiger partial charge >= 0.3 is 0 Å². The second kappa shape index (κ2) is 9.10. The van der Waals surface area contributed by atoms with Gasteiger partial charge in [0.05, 0.1) is 17.0 Å². The van der Waals surface area contributed by atoms with Gasteiger partial charge in [-0.1, -0.05) is 0 Å². The van der Waals surface area contributed by atoms with E-state index in [2.05, 4.69) is 30.7 Å². The van der Waals surface area contributed by atoms with Crippen LogP contribution < -0.4 is 10.6 Å². The number of aromatic amines is 1. The molecule has 182 valence electrons. The molecule has 0 amide bonds. The van der Waals surface area contributed by atoms with E-state index in [1.54, 1.807) is 17.3 Å². The van der Waals surface area contributed by atoms with Crippen LogP contribution in [0.15, 0.2) is 24.3 Å². The van der Waals surface area contributed by atoms with Crippen LogP contribution in [0.25, 0.3) is 10.9 Å². The van der Waals surface area contributed by atoms with E-state index in [1.807, 2.05) is 25.1 Å². The predicted molar refractivity (Wildman–Crippen MR) is 128 cm³/mol. The SMILES string of the molecule is CCS(=O)(=O)N1[C@@H]2CC[C@H]1CC(Nc1nc(Nc3cc(C)[nH]n3)cc3nc(COO)ccc13)C2. The van der Waals surface area contributed by atoms with E-state index in [4.69, 9.17) is 10.2 Å². The lowest BCUT2D eigenvalue weighted by Crippen LogP contribution is -2.50. The van der Waals surface area contributed by atoms with Crippen LogP contribution in [0, 0.1) is 6.92 Å². The summed E-state index contributed by atoms with van der Waals surface area (Å²) in [6.07, 6.45) is 3.25. The summed E-state index contributed by atoms with van der Waals surface area (Å²) in [5, 5.41) is 23.6. The monoisotopic (exact) mass is 487 g/mol. The number of hydrogen-bond acceptors (Lipinski definition) is 9. The Morgan fingerprint density at radius 2 is 1.94 bits per heavy atom. The normalized spacial score (nSPS) is 22.9. The Bertz CT molecular complexity index is 1280. The van der Waals surface area contributed by atoms with Crippen LogP contribution in [-0.4, -0.2) is 62.0 Å². The lowest BCUT2D eigenvalue weighted by Gasteiger charge is -2.38. The van der Waals surface area contributed by atoms with Gasteiger partial charge in [0.1, 0.15) is 18.2 Å². The highest BCUT2D eigenvalue weighted by Gasteiger charge is 2.46. The highest BCUT2D eigenvalue weighted by Crippen LogP contribution is 2.39. The topological polar surface area (TPSA) is 145 Å². The first-order valence-corrected chi connectivity index (χ1v) is 13.1. The van der Waals surface area contributed by atoms with Gasteiger partial charge in [0.25, 0.3) is 0 Å². The largest absolute Gasteiger partial charge is 0.367 e. The summed E-state index contributed by atoms with van der Waals surface area (Å²) in [5.41, 5.74) is 2.20. The van der Waals surface area contributed by atoms with Crippen LogP contribution in [0.2, 0.25) is 0 Å². The predicted octanol–water partition coefficient (Wildman–Crippen LogP) is 3.15. The molecular weight excluding hydrogens is 458 g/mol. The Morgan fingerprint density at radius 3 is 2.59 bits per heavy atom. The standard InChI is InChI=1S/C22H29N7O4S/c1-3-34(31,32)29-16-5-6-17(29)10-15(9-16)24-22-18-7-4-14(12-33-30)23-19(18)11-20(26-22)25-21-8-13(2)27-28-21/h4,7-8,11,15-17,30H,3,5-6,9-10,12H2,1-2H3,(H3,24,25,26,27,28)/t15?,16-,17+. The highest BCUT2D eigenvalue weighted by molar-refractivity contribution is 7.89. The summed E-state index contributed by atoms with van der Waals surface area (Å²) < 4.78 is 26.9. The molecule has 0 saturated carbocycles. The van der Waals surface area contributed by atoms with Crippen LogP contribution in [-0.2, 0) is 21.5 Å². The number of hydrogen-bond donors (Lipinski definition) is 4. The molecular formula is C22H29N7O4S. The Balaban J connectivity index is 1.45. The van der Waals surface area contributed by atoms with Gasteiger partial charge in [-0.05, 0) is 51.7 Å². The molecule has 3 aromatic rings. The molecule has 3 aromatic heterocycles. The minimum absolute atomic E-state index is 0.0178. The third kappa shape index (κ3) is 4.45. The molecule has 4 N–H and O–H groups in total. The zero-order valence-electron chi connectivity index (χ0n) is 19.2. The van der Waals surface area contributed by atoms with Crippen LogP contribution >= 0.6 is 0 Å². The van der Waals surface area contributed by atoms with Crippen molar-refractivity contribution in [3.05, 3.63) is 35.7 Å². The van der Waals surface area contributed by atoms with Crippen molar-refractivity contribution in [2.45, 2.75) is 64.3 Å². The third-order valence-electron chi connectivity index (χ3n) is 6.61. The summed E-state index contributed by atoms with van der Waals surface area (Å²) >= 11 is 0. The van der Waals surface area contributed by atoms with Crippen LogP contribution in [0.4, 0.5) is 17.5 Å². The van der Waals surface area contributed by atoms with E-state index in [0.717, 1.165) is 36.8 Å². The van der Waals surface area contributed by atoms with E-state index in [-0.39, 0.29) is 30.5 Å². The van der Waals surface area contributed by atoms with Crippen LogP contribution in [0.5, 0.6) is 0 Å². The average Bonchev–Trinajstić information content (AvgIpc) is 3.34. The first-order valence-electron chi connectivity index (χ1n) is 11.5. The van der Waals surface area contributed by atoms with E-state index in [1.165, 1.54) is 0 Å². The number of fused-ring (bicyclic) bond motifs is 3. The molecule has 2 bridgehead atoms. The third-order valence-corrected chi connectivity index (χ3v) is 8.58. The van der Waals surface area contributed by atoms with Gasteiger partial charge in [0.15, 0.2) is 5.82 Å². The molecule has 34 heavy (non-hydrogen) atoms. The lowest BCUT2D eigenvalue weighted by molar-refractivity contribution is -0.253. The highest BCUT2D eigenvalue weighted by atomic mass is 32.2. The van der Waals surface area contributed by atoms with Crippen molar-refractivity contribution >= 4 is 38.4 Å². The molecule has 1 unspecified atom stereocenters. The van der Waals surface area contributed by atoms with Crippen molar-refractivity contribution in [1.82, 2.24) is 24.5 Å². The fraction of sp³-hybridized carbons (Fsp3) is 0.500. The summed E-state index contributed by atoms with van der Waals surface area (Å²) in [7, 11) is -3.21. The van der Waals surface area contributed by atoms with Crippen LogP contribution in [0.3, 0.4) is 0 Å². The molecule has 2 saturated heterocycles. The fourth-order valence-corrected chi connectivity index (χ4v) is 6.74. The van der Waals surface area contributed by atoms with Crippen molar-refractivity contribution in [2.75, 3.05) is 16.4 Å². The van der Waals surface area contributed by atoms with E-state index in [9.17, 15) is 8.42 Å². The Kier molecular flexibility index (Phi) is 6.15. The molecule has 0 aromatic carbocycles. The smallest absolute Gasteiger partial charge is 0.214 e. The molecule has 11 nitrogen and oxygen atoms in total. The van der Waals surface area contributed by atoms with Gasteiger partial charge in [-0.15, -0.1) is 0 Å². The second-order valence-corrected chi connectivity index (χ2v) is 11.2. The average molecular weight is 488 g/mol. The number of H-pyrrole nitrogens is 1. The van der Waals surface area contributed by atoms with Gasteiger partial charge < -0.3 is 10.6 Å². The molecule has 2 aliphatic rings. The first kappa shape index (κ1) is 23.0. The molecule has 0 aliphatic carbocycles. The van der Waals surface area contributed by atoms with Gasteiger partial charge in [-0.25, -0.2) is 23.3 Å². The van der Waals surface area contributed by atoms with Gasteiger partial charge in [0, 0.05) is 41.3 Å². The molecule has 2 fully saturated rings. The minimum Gasteiger partial charge on any atom is -0.367 e. The Hall–Kier alpha value is -2.80. The number of nitrogens with one attached hydrogen (secondary N) is 3. The van der Waals surface area contributed by atoms with Crippen molar-refractivity contribution < 1.29 is 18.6 Å². The molecule has 0 spiro atoms. The number of anilines is 3. The summed E-state index contributed by atoms with van der Waals surface area (Å²) in [6, 6.07) is 7.53. The number of aromatic nitrogens is 4. The summed E-state index contributed by atoms with van der Waals surface area (Å²) in [4.78, 5) is 13.7. The maximum Gasteiger partial charge on any atom is 0.214 e. The Morgan fingerprint density at radius 1 is 1.18 bits per heavy atom. The molecule has 12 heteroatoms. The second-order valence-electron chi connectivity index (χ2n) is 8.99.